The molecule has 1 heterocycles. The summed E-state index contributed by atoms with van der Waals surface area (Å²) in [6.45, 7) is 3.23. The van der Waals surface area contributed by atoms with E-state index in [1.165, 1.54) is 19.3 Å². The molecule has 0 bridgehead atoms. The van der Waals surface area contributed by atoms with Crippen LogP contribution >= 0.6 is 0 Å². The zero-order valence-corrected chi connectivity index (χ0v) is 5.31. The molecule has 2 aliphatic rings. The molecule has 0 spiro atoms. The van der Waals surface area contributed by atoms with Crippen LogP contribution in [-0.2, 0) is 4.74 Å². The molecule has 1 unspecified atom stereocenters. The fourth-order valence-electron chi connectivity index (χ4n) is 1.17. The van der Waals surface area contributed by atoms with Gasteiger partial charge in [-0.3, -0.25) is 0 Å². The van der Waals surface area contributed by atoms with Crippen molar-refractivity contribution >= 4 is 0 Å². The summed E-state index contributed by atoms with van der Waals surface area (Å²) in [5.41, 5.74) is 0.334. The summed E-state index contributed by atoms with van der Waals surface area (Å²) < 4.78 is 5.25. The summed E-state index contributed by atoms with van der Waals surface area (Å²) in [7, 11) is 0. The van der Waals surface area contributed by atoms with E-state index in [2.05, 4.69) is 6.92 Å². The first-order valence-corrected chi connectivity index (χ1v) is 3.42. The summed E-state index contributed by atoms with van der Waals surface area (Å²) in [6, 6.07) is 0. The first kappa shape index (κ1) is 4.80. The van der Waals surface area contributed by atoms with E-state index in [0.717, 1.165) is 12.5 Å². The van der Waals surface area contributed by atoms with Crippen LogP contribution in [0.1, 0.15) is 26.2 Å². The topological polar surface area (TPSA) is 12.5 Å². The van der Waals surface area contributed by atoms with Crippen LogP contribution < -0.4 is 0 Å². The maximum absolute atomic E-state index is 5.25. The molecular formula is C7H12O. The smallest absolute Gasteiger partial charge is 0.0891 e. The Balaban J connectivity index is 1.81. The Bertz CT molecular complexity index is 101. The lowest BCUT2D eigenvalue weighted by Gasteiger charge is -1.99. The second-order valence-electron chi connectivity index (χ2n) is 3.39. The average Bonchev–Trinajstić information content (AvgIpc) is 2.49. The van der Waals surface area contributed by atoms with Gasteiger partial charge in [-0.15, -0.1) is 0 Å². The fraction of sp³-hybridized carbons (Fsp3) is 1.00. The summed E-state index contributed by atoms with van der Waals surface area (Å²) in [6.07, 6.45) is 4.24. The van der Waals surface area contributed by atoms with Crippen molar-refractivity contribution in [2.24, 2.45) is 5.92 Å². The van der Waals surface area contributed by atoms with Gasteiger partial charge in [0.25, 0.3) is 0 Å². The highest BCUT2D eigenvalue weighted by atomic mass is 16.6. The number of epoxide rings is 1. The molecule has 1 atom stereocenters. The molecular weight excluding hydrogens is 100 g/mol. The second kappa shape index (κ2) is 1.27. The maximum Gasteiger partial charge on any atom is 0.0891 e. The molecule has 0 aromatic rings. The molecule has 0 radical (unpaired) electrons. The molecule has 0 aromatic carbocycles. The van der Waals surface area contributed by atoms with Gasteiger partial charge in [-0.1, -0.05) is 12.8 Å². The minimum Gasteiger partial charge on any atom is -0.370 e. The average molecular weight is 112 g/mol. The van der Waals surface area contributed by atoms with E-state index in [9.17, 15) is 0 Å². The van der Waals surface area contributed by atoms with Crippen LogP contribution in [0.15, 0.2) is 0 Å². The first-order chi connectivity index (χ1) is 3.79. The highest BCUT2D eigenvalue weighted by Gasteiger charge is 2.43. The molecule has 1 saturated heterocycles. The lowest BCUT2D eigenvalue weighted by atomic mass is 10.1. The summed E-state index contributed by atoms with van der Waals surface area (Å²) in [5.74, 6) is 1.03. The van der Waals surface area contributed by atoms with E-state index in [4.69, 9.17) is 4.74 Å². The molecule has 1 saturated carbocycles. The minimum absolute atomic E-state index is 0.334. The lowest BCUT2D eigenvalue weighted by molar-refractivity contribution is 0.299. The molecule has 1 nitrogen and oxygen atoms in total. The van der Waals surface area contributed by atoms with Crippen molar-refractivity contribution in [2.75, 3.05) is 6.61 Å². The van der Waals surface area contributed by atoms with Crippen molar-refractivity contribution in [2.45, 2.75) is 31.8 Å². The molecule has 46 valence electrons. The molecule has 1 aliphatic heterocycles. The van der Waals surface area contributed by atoms with Crippen LogP contribution in [0.3, 0.4) is 0 Å². The predicted octanol–water partition coefficient (Wildman–Crippen LogP) is 1.58. The molecule has 2 rings (SSSR count). The Morgan fingerprint density at radius 2 is 2.25 bits per heavy atom. The van der Waals surface area contributed by atoms with Crippen molar-refractivity contribution in [3.63, 3.8) is 0 Å². The van der Waals surface area contributed by atoms with Crippen LogP contribution in [0.5, 0.6) is 0 Å². The molecule has 0 N–H and O–H groups in total. The summed E-state index contributed by atoms with van der Waals surface area (Å²) in [4.78, 5) is 0. The zero-order chi connectivity index (χ0) is 5.61. The third-order valence-electron chi connectivity index (χ3n) is 2.05. The molecule has 0 amide bonds. The van der Waals surface area contributed by atoms with E-state index in [0.29, 0.717) is 5.60 Å². The van der Waals surface area contributed by atoms with Crippen LogP contribution in [0.4, 0.5) is 0 Å². The predicted molar refractivity (Wildman–Crippen MR) is 31.7 cm³/mol. The van der Waals surface area contributed by atoms with Crippen molar-refractivity contribution in [1.29, 1.82) is 0 Å². The van der Waals surface area contributed by atoms with Gasteiger partial charge in [0.1, 0.15) is 0 Å². The Morgan fingerprint density at radius 3 is 2.62 bits per heavy atom. The molecule has 2 fully saturated rings. The van der Waals surface area contributed by atoms with Crippen molar-refractivity contribution in [3.05, 3.63) is 0 Å². The SMILES string of the molecule is CC1(CC2CC2)CO1. The van der Waals surface area contributed by atoms with Crippen LogP contribution in [0.2, 0.25) is 0 Å². The van der Waals surface area contributed by atoms with Gasteiger partial charge < -0.3 is 4.74 Å². The van der Waals surface area contributed by atoms with Crippen molar-refractivity contribution in [1.82, 2.24) is 0 Å². The quantitative estimate of drug-likeness (QED) is 0.494. The molecule has 1 aliphatic carbocycles. The second-order valence-corrected chi connectivity index (χ2v) is 3.39. The zero-order valence-electron chi connectivity index (χ0n) is 5.31. The van der Waals surface area contributed by atoms with E-state index >= 15 is 0 Å². The highest BCUT2D eigenvalue weighted by Crippen LogP contribution is 2.43. The van der Waals surface area contributed by atoms with Gasteiger partial charge in [0, 0.05) is 0 Å². The van der Waals surface area contributed by atoms with Gasteiger partial charge in [-0.25, -0.2) is 0 Å². The standard InChI is InChI=1S/C7H12O/c1-7(5-8-7)4-6-2-3-6/h6H,2-5H2,1H3. The van der Waals surface area contributed by atoms with Crippen molar-refractivity contribution in [3.8, 4) is 0 Å². The highest BCUT2D eigenvalue weighted by molar-refractivity contribution is 4.92. The van der Waals surface area contributed by atoms with E-state index in [-0.39, 0.29) is 0 Å². The Labute approximate surface area is 50.0 Å². The normalized spacial score (nSPS) is 44.6. The van der Waals surface area contributed by atoms with E-state index in [1.54, 1.807) is 0 Å². The van der Waals surface area contributed by atoms with Crippen LogP contribution in [0, 0.1) is 5.92 Å². The van der Waals surface area contributed by atoms with Gasteiger partial charge in [0.2, 0.25) is 0 Å². The van der Waals surface area contributed by atoms with Crippen LogP contribution in [0.25, 0.3) is 0 Å². The minimum atomic E-state index is 0.334. The Hall–Kier alpha value is -0.0400. The summed E-state index contributed by atoms with van der Waals surface area (Å²) >= 11 is 0. The number of hydrogen-bond donors (Lipinski definition) is 0. The van der Waals surface area contributed by atoms with Crippen LogP contribution in [-0.4, -0.2) is 12.2 Å². The summed E-state index contributed by atoms with van der Waals surface area (Å²) in [5, 5.41) is 0. The molecule has 0 aromatic heterocycles. The monoisotopic (exact) mass is 112 g/mol. The molecule has 1 heteroatoms. The lowest BCUT2D eigenvalue weighted by Crippen LogP contribution is -2.03. The third-order valence-corrected chi connectivity index (χ3v) is 2.05. The van der Waals surface area contributed by atoms with Gasteiger partial charge in [0.15, 0.2) is 0 Å². The Kier molecular flexibility index (Phi) is 0.762. The third kappa shape index (κ3) is 0.873. The number of ether oxygens (including phenoxy) is 1. The fourth-order valence-corrected chi connectivity index (χ4v) is 1.17. The Morgan fingerprint density at radius 1 is 1.62 bits per heavy atom. The van der Waals surface area contributed by atoms with E-state index < -0.39 is 0 Å². The largest absolute Gasteiger partial charge is 0.370 e. The maximum atomic E-state index is 5.25. The van der Waals surface area contributed by atoms with E-state index in [1.807, 2.05) is 0 Å². The number of hydrogen-bond acceptors (Lipinski definition) is 1. The molecule has 8 heavy (non-hydrogen) atoms. The van der Waals surface area contributed by atoms with Crippen molar-refractivity contribution < 1.29 is 4.74 Å². The van der Waals surface area contributed by atoms with Gasteiger partial charge in [0.05, 0.1) is 12.2 Å². The first-order valence-electron chi connectivity index (χ1n) is 3.42. The number of rotatable bonds is 2. The van der Waals surface area contributed by atoms with Gasteiger partial charge >= 0.3 is 0 Å². The van der Waals surface area contributed by atoms with Gasteiger partial charge in [-0.05, 0) is 19.3 Å². The van der Waals surface area contributed by atoms with Gasteiger partial charge in [-0.2, -0.15) is 0 Å².